The van der Waals surface area contributed by atoms with Gasteiger partial charge in [0.15, 0.2) is 5.96 Å². The van der Waals surface area contributed by atoms with Crippen molar-refractivity contribution in [3.8, 4) is 5.75 Å². The molecule has 2 fully saturated rings. The molecule has 0 aliphatic carbocycles. The first-order chi connectivity index (χ1) is 13.8. The van der Waals surface area contributed by atoms with Gasteiger partial charge in [0.25, 0.3) is 0 Å². The van der Waals surface area contributed by atoms with Crippen LogP contribution < -0.4 is 15.0 Å². The molecule has 1 N–H and O–H groups in total. The lowest BCUT2D eigenvalue weighted by atomic mass is 10.1. The maximum atomic E-state index is 5.77. The first-order valence-corrected chi connectivity index (χ1v) is 10.3. The van der Waals surface area contributed by atoms with Crippen LogP contribution >= 0.6 is 0 Å². The van der Waals surface area contributed by atoms with Crippen molar-refractivity contribution < 1.29 is 14.2 Å². The molecular formula is C21H34N4O3. The zero-order chi connectivity index (χ0) is 19.6. The van der Waals surface area contributed by atoms with E-state index in [0.29, 0.717) is 5.92 Å². The fourth-order valence-corrected chi connectivity index (χ4v) is 3.64. The maximum absolute atomic E-state index is 5.77. The summed E-state index contributed by atoms with van der Waals surface area (Å²) in [5, 5.41) is 3.47. The monoisotopic (exact) mass is 390 g/mol. The highest BCUT2D eigenvalue weighted by Gasteiger charge is 2.20. The molecule has 3 rings (SSSR count). The maximum Gasteiger partial charge on any atom is 0.193 e. The second kappa shape index (κ2) is 11.1. The number of rotatable bonds is 8. The summed E-state index contributed by atoms with van der Waals surface area (Å²) in [7, 11) is 3.55. The molecule has 7 nitrogen and oxygen atoms in total. The molecule has 1 aromatic rings. The number of benzene rings is 1. The molecule has 1 unspecified atom stereocenters. The minimum Gasteiger partial charge on any atom is -0.497 e. The van der Waals surface area contributed by atoms with Gasteiger partial charge in [0.1, 0.15) is 5.75 Å². The SMILES string of the molecule is CN=C(NCCCOCC1CCOC1)N1CCN(c2ccc(OC)cc2)CC1. The standard InChI is InChI=1S/C21H34N4O3/c1-22-21(23-9-3-14-27-16-18-8-15-28-17-18)25-12-10-24(11-13-25)19-4-6-20(26-2)7-5-19/h4-7,18H,3,8-17H2,1-2H3,(H,22,23). The third-order valence-corrected chi connectivity index (χ3v) is 5.35. The van der Waals surface area contributed by atoms with Gasteiger partial charge in [-0.15, -0.1) is 0 Å². The summed E-state index contributed by atoms with van der Waals surface area (Å²) in [6.07, 6.45) is 2.12. The van der Waals surface area contributed by atoms with Gasteiger partial charge in [0, 0.05) is 64.6 Å². The van der Waals surface area contributed by atoms with Gasteiger partial charge in [-0.05, 0) is 37.1 Å². The van der Waals surface area contributed by atoms with Gasteiger partial charge in [0.05, 0.1) is 20.3 Å². The molecule has 0 bridgehead atoms. The van der Waals surface area contributed by atoms with Gasteiger partial charge >= 0.3 is 0 Å². The van der Waals surface area contributed by atoms with Crippen molar-refractivity contribution in [3.05, 3.63) is 24.3 Å². The minimum absolute atomic E-state index is 0.586. The Bertz CT molecular complexity index is 594. The van der Waals surface area contributed by atoms with E-state index in [0.717, 1.165) is 83.7 Å². The summed E-state index contributed by atoms with van der Waals surface area (Å²) in [5.41, 5.74) is 1.24. The topological polar surface area (TPSA) is 58.6 Å². The number of hydrogen-bond donors (Lipinski definition) is 1. The molecule has 2 aliphatic heterocycles. The van der Waals surface area contributed by atoms with Crippen molar-refractivity contribution in [2.45, 2.75) is 12.8 Å². The molecule has 28 heavy (non-hydrogen) atoms. The number of nitrogens with one attached hydrogen (secondary N) is 1. The molecule has 2 heterocycles. The number of guanidine groups is 1. The molecule has 1 atom stereocenters. The Kier molecular flexibility index (Phi) is 8.23. The molecule has 156 valence electrons. The second-order valence-electron chi connectivity index (χ2n) is 7.30. The van der Waals surface area contributed by atoms with Crippen molar-refractivity contribution in [2.75, 3.05) is 78.2 Å². The number of methoxy groups -OCH3 is 1. The summed E-state index contributed by atoms with van der Waals surface area (Å²) < 4.78 is 16.4. The summed E-state index contributed by atoms with van der Waals surface area (Å²) >= 11 is 0. The lowest BCUT2D eigenvalue weighted by Gasteiger charge is -2.37. The molecule has 0 radical (unpaired) electrons. The number of nitrogens with zero attached hydrogens (tertiary/aromatic N) is 3. The fourth-order valence-electron chi connectivity index (χ4n) is 3.64. The molecule has 0 spiro atoms. The summed E-state index contributed by atoms with van der Waals surface area (Å²) in [5.74, 6) is 2.47. The zero-order valence-electron chi connectivity index (χ0n) is 17.2. The lowest BCUT2D eigenvalue weighted by Crippen LogP contribution is -2.52. The summed E-state index contributed by atoms with van der Waals surface area (Å²) in [6, 6.07) is 8.28. The number of anilines is 1. The number of piperazine rings is 1. The smallest absolute Gasteiger partial charge is 0.193 e. The van der Waals surface area contributed by atoms with E-state index < -0.39 is 0 Å². The van der Waals surface area contributed by atoms with Crippen LogP contribution in [0.15, 0.2) is 29.3 Å². The van der Waals surface area contributed by atoms with E-state index in [4.69, 9.17) is 14.2 Å². The molecular weight excluding hydrogens is 356 g/mol. The van der Waals surface area contributed by atoms with E-state index in [-0.39, 0.29) is 0 Å². The third-order valence-electron chi connectivity index (χ3n) is 5.35. The van der Waals surface area contributed by atoms with Crippen LogP contribution in [0.1, 0.15) is 12.8 Å². The normalized spacial score (nSPS) is 20.5. The summed E-state index contributed by atoms with van der Waals surface area (Å²) in [4.78, 5) is 9.19. The quantitative estimate of drug-likeness (QED) is 0.415. The van der Waals surface area contributed by atoms with Crippen molar-refractivity contribution in [1.29, 1.82) is 0 Å². The molecule has 0 aromatic heterocycles. The average molecular weight is 391 g/mol. The van der Waals surface area contributed by atoms with Crippen molar-refractivity contribution in [3.63, 3.8) is 0 Å². The molecule has 0 saturated carbocycles. The Labute approximate surface area is 168 Å². The van der Waals surface area contributed by atoms with E-state index in [9.17, 15) is 0 Å². The van der Waals surface area contributed by atoms with Crippen molar-refractivity contribution in [1.82, 2.24) is 10.2 Å². The molecule has 2 aliphatic rings. The van der Waals surface area contributed by atoms with Gasteiger partial charge in [-0.1, -0.05) is 0 Å². The highest BCUT2D eigenvalue weighted by molar-refractivity contribution is 5.80. The van der Waals surface area contributed by atoms with E-state index in [1.54, 1.807) is 7.11 Å². The fraction of sp³-hybridized carbons (Fsp3) is 0.667. The van der Waals surface area contributed by atoms with E-state index >= 15 is 0 Å². The zero-order valence-corrected chi connectivity index (χ0v) is 17.2. The average Bonchev–Trinajstić information content (AvgIpc) is 3.27. The predicted octanol–water partition coefficient (Wildman–Crippen LogP) is 1.84. The molecule has 0 amide bonds. The van der Waals surface area contributed by atoms with Crippen molar-refractivity contribution in [2.24, 2.45) is 10.9 Å². The highest BCUT2D eigenvalue weighted by atomic mass is 16.5. The first-order valence-electron chi connectivity index (χ1n) is 10.3. The Morgan fingerprint density at radius 2 is 2.00 bits per heavy atom. The van der Waals surface area contributed by atoms with Crippen LogP contribution in [-0.2, 0) is 9.47 Å². The van der Waals surface area contributed by atoms with Gasteiger partial charge in [-0.25, -0.2) is 0 Å². The van der Waals surface area contributed by atoms with Crippen LogP contribution in [0.2, 0.25) is 0 Å². The van der Waals surface area contributed by atoms with Gasteiger partial charge in [-0.2, -0.15) is 0 Å². The third kappa shape index (κ3) is 6.01. The minimum atomic E-state index is 0.586. The molecule has 7 heteroatoms. The number of ether oxygens (including phenoxy) is 3. The Morgan fingerprint density at radius 1 is 1.21 bits per heavy atom. The number of aliphatic imine (C=N–C) groups is 1. The Morgan fingerprint density at radius 3 is 2.64 bits per heavy atom. The lowest BCUT2D eigenvalue weighted by molar-refractivity contribution is 0.0887. The van der Waals surface area contributed by atoms with E-state index in [2.05, 4.69) is 32.2 Å². The highest BCUT2D eigenvalue weighted by Crippen LogP contribution is 2.20. The van der Waals surface area contributed by atoms with Crippen LogP contribution in [0, 0.1) is 5.92 Å². The van der Waals surface area contributed by atoms with Crippen LogP contribution in [0.25, 0.3) is 0 Å². The predicted molar refractivity (Wildman–Crippen MR) is 113 cm³/mol. The Balaban J connectivity index is 1.32. The largest absolute Gasteiger partial charge is 0.497 e. The van der Waals surface area contributed by atoms with Crippen LogP contribution in [0.5, 0.6) is 5.75 Å². The second-order valence-corrected chi connectivity index (χ2v) is 7.30. The summed E-state index contributed by atoms with van der Waals surface area (Å²) in [6.45, 7) is 8.12. The van der Waals surface area contributed by atoms with Gasteiger partial charge in [0.2, 0.25) is 0 Å². The van der Waals surface area contributed by atoms with Gasteiger partial charge in [-0.3, -0.25) is 4.99 Å². The molecule has 2 saturated heterocycles. The van der Waals surface area contributed by atoms with Crippen molar-refractivity contribution >= 4 is 11.6 Å². The Hall–Kier alpha value is -1.99. The van der Waals surface area contributed by atoms with E-state index in [1.807, 2.05) is 19.2 Å². The van der Waals surface area contributed by atoms with Crippen LogP contribution in [-0.4, -0.2) is 84.2 Å². The number of hydrogen-bond acceptors (Lipinski definition) is 5. The first kappa shape index (κ1) is 20.7. The van der Waals surface area contributed by atoms with E-state index in [1.165, 1.54) is 5.69 Å². The molecule has 1 aromatic carbocycles. The van der Waals surface area contributed by atoms with Gasteiger partial charge < -0.3 is 29.3 Å². The van der Waals surface area contributed by atoms with Crippen LogP contribution in [0.3, 0.4) is 0 Å². The van der Waals surface area contributed by atoms with Crippen LogP contribution in [0.4, 0.5) is 5.69 Å².